The molecule has 220 valence electrons. The summed E-state index contributed by atoms with van der Waals surface area (Å²) in [5.41, 5.74) is 1.31. The third-order valence-corrected chi connectivity index (χ3v) is 19.6. The van der Waals surface area contributed by atoms with Gasteiger partial charge in [0.2, 0.25) is 0 Å². The van der Waals surface area contributed by atoms with Gasteiger partial charge in [0, 0.05) is 26.9 Å². The zero-order valence-electron chi connectivity index (χ0n) is 25.9. The Bertz CT molecular complexity index is 1320. The first-order valence-corrected chi connectivity index (χ1v) is 21.1. The van der Waals surface area contributed by atoms with Crippen LogP contribution in [0.15, 0.2) is 146 Å². The minimum absolute atomic E-state index is 0.862. The zero-order valence-corrected chi connectivity index (χ0v) is 28.7. The Morgan fingerprint density at radius 3 is 1.00 bits per heavy atom. The third-order valence-electron chi connectivity index (χ3n) is 8.28. The van der Waals surface area contributed by atoms with Gasteiger partial charge in [-0.1, -0.05) is 197 Å². The van der Waals surface area contributed by atoms with Gasteiger partial charge in [0.15, 0.2) is 0 Å². The lowest BCUT2D eigenvalue weighted by Crippen LogP contribution is -2.47. The Morgan fingerprint density at radius 2 is 0.721 bits per heavy atom. The second-order valence-electron chi connectivity index (χ2n) is 11.3. The van der Waals surface area contributed by atoms with Gasteiger partial charge in [-0.05, 0) is 12.1 Å². The molecule has 0 aromatic heterocycles. The normalized spacial score (nSPS) is 11.7. The van der Waals surface area contributed by atoms with E-state index in [-0.39, 0.29) is 0 Å². The molecule has 0 atom stereocenters. The van der Waals surface area contributed by atoms with Crippen molar-refractivity contribution in [3.05, 3.63) is 146 Å². The van der Waals surface area contributed by atoms with Crippen molar-refractivity contribution >= 4 is 56.3 Å². The molecule has 0 N–H and O–H groups in total. The van der Waals surface area contributed by atoms with E-state index in [0.29, 0.717) is 0 Å². The van der Waals surface area contributed by atoms with Crippen molar-refractivity contribution in [1.82, 2.24) is 0 Å². The van der Waals surface area contributed by atoms with Crippen LogP contribution in [-0.4, -0.2) is 8.07 Å². The summed E-state index contributed by atoms with van der Waals surface area (Å²) < 4.78 is 2.80. The van der Waals surface area contributed by atoms with Crippen molar-refractivity contribution < 1.29 is 0 Å². The predicted octanol–water partition coefficient (Wildman–Crippen LogP) is 9.47. The number of nitrogens with zero attached hydrogens (tertiary/aromatic N) is 1. The molecule has 5 rings (SSSR count). The van der Waals surface area contributed by atoms with Crippen LogP contribution < -0.4 is 30.8 Å². The predicted molar refractivity (Wildman–Crippen MR) is 198 cm³/mol. The van der Waals surface area contributed by atoms with E-state index in [1.807, 2.05) is 0 Å². The summed E-state index contributed by atoms with van der Waals surface area (Å²) in [7, 11) is -3.27. The molecule has 0 radical (unpaired) electrons. The van der Waals surface area contributed by atoms with Crippen molar-refractivity contribution in [1.29, 1.82) is 0 Å². The molecule has 1 nitrogen and oxygen atoms in total. The number of rotatable bonds is 14. The van der Waals surface area contributed by atoms with Gasteiger partial charge >= 0.3 is 0 Å². The summed E-state index contributed by atoms with van der Waals surface area (Å²) in [5.74, 6) is 0. The first-order chi connectivity index (χ1) is 21.2. The first-order valence-electron chi connectivity index (χ1n) is 15.9. The van der Waals surface area contributed by atoms with E-state index in [1.54, 1.807) is 5.19 Å². The lowest BCUT2D eigenvalue weighted by atomic mass is 10.3. The highest BCUT2D eigenvalue weighted by atomic mass is 31.2. The third kappa shape index (κ3) is 7.38. The number of benzene rings is 5. The smallest absolute Gasteiger partial charge is 0.0866 e. The highest BCUT2D eigenvalue weighted by Gasteiger charge is 2.35. The molecule has 0 saturated heterocycles. The van der Waals surface area contributed by atoms with E-state index in [2.05, 4.69) is 171 Å². The fourth-order valence-electron chi connectivity index (χ4n) is 6.52. The van der Waals surface area contributed by atoms with E-state index in [1.165, 1.54) is 64.3 Å². The molecule has 0 heterocycles. The van der Waals surface area contributed by atoms with Crippen LogP contribution in [0.3, 0.4) is 0 Å². The van der Waals surface area contributed by atoms with Gasteiger partial charge in [-0.25, -0.2) is 0 Å². The highest BCUT2D eigenvalue weighted by Crippen LogP contribution is 2.56. The Morgan fingerprint density at radius 1 is 0.419 bits per heavy atom. The maximum Gasteiger partial charge on any atom is 0.0866 e. The number of anilines is 1. The summed E-state index contributed by atoms with van der Waals surface area (Å²) in [5, 5.41) is 7.14. The number of hydrogen-bond acceptors (Lipinski definition) is 1. The van der Waals surface area contributed by atoms with Crippen molar-refractivity contribution in [3.63, 3.8) is 0 Å². The summed E-state index contributed by atoms with van der Waals surface area (Å²) in [6.07, 6.45) is 3.84. The van der Waals surface area contributed by atoms with Crippen LogP contribution in [0.2, 0.25) is 18.1 Å². The summed E-state index contributed by atoms with van der Waals surface area (Å²) in [6, 6.07) is 58.9. The SMILES string of the molecule is CCC[Si](CCC)(CCC)c1ccc(N(P(c2ccccc2)c2ccccc2)P(c2ccccc2)c2ccccc2)cc1. The largest absolute Gasteiger partial charge is 0.313 e. The Balaban J connectivity index is 1.74. The molecule has 0 unspecified atom stereocenters. The maximum atomic E-state index is 2.80. The van der Waals surface area contributed by atoms with E-state index in [0.717, 1.165) is 0 Å². The van der Waals surface area contributed by atoms with E-state index in [4.69, 9.17) is 0 Å². The molecule has 43 heavy (non-hydrogen) atoms. The molecule has 0 amide bonds. The van der Waals surface area contributed by atoms with Gasteiger partial charge in [-0.2, -0.15) is 0 Å². The molecule has 0 bridgehead atoms. The zero-order chi connectivity index (χ0) is 29.9. The molecule has 0 saturated carbocycles. The Labute approximate surface area is 263 Å². The van der Waals surface area contributed by atoms with E-state index < -0.39 is 24.2 Å². The molecule has 4 heteroatoms. The second-order valence-corrected chi connectivity index (χ2v) is 20.4. The van der Waals surface area contributed by atoms with Crippen LogP contribution in [0.4, 0.5) is 5.69 Å². The molecular formula is C39H45NP2Si. The van der Waals surface area contributed by atoms with Gasteiger partial charge in [-0.15, -0.1) is 0 Å². The van der Waals surface area contributed by atoms with Gasteiger partial charge in [0.1, 0.15) is 0 Å². The Kier molecular flexibility index (Phi) is 11.4. The van der Waals surface area contributed by atoms with Crippen molar-refractivity contribution in [3.8, 4) is 0 Å². The van der Waals surface area contributed by atoms with E-state index in [9.17, 15) is 0 Å². The molecule has 0 fully saturated rings. The van der Waals surface area contributed by atoms with Crippen LogP contribution >= 0.6 is 16.1 Å². The average molecular weight is 618 g/mol. The van der Waals surface area contributed by atoms with Gasteiger partial charge in [0.05, 0.1) is 24.2 Å². The van der Waals surface area contributed by atoms with Gasteiger partial charge in [0.25, 0.3) is 0 Å². The van der Waals surface area contributed by atoms with Crippen LogP contribution in [0.25, 0.3) is 0 Å². The molecular weight excluding hydrogens is 572 g/mol. The molecule has 0 aliphatic carbocycles. The maximum absolute atomic E-state index is 2.80. The lowest BCUT2D eigenvalue weighted by Gasteiger charge is -2.41. The minimum Gasteiger partial charge on any atom is -0.313 e. The van der Waals surface area contributed by atoms with Crippen molar-refractivity contribution in [2.24, 2.45) is 0 Å². The van der Waals surface area contributed by atoms with Crippen molar-refractivity contribution in [2.75, 3.05) is 4.44 Å². The molecule has 0 spiro atoms. The molecule has 5 aromatic carbocycles. The fraction of sp³-hybridized carbons (Fsp3) is 0.231. The Hall–Kier alpha value is -3.02. The van der Waals surface area contributed by atoms with Gasteiger partial charge < -0.3 is 4.44 Å². The standard InChI is InChI=1S/C39H45NP2Si/c1-4-31-43(32-5-2,33-6-3)39-29-27-34(28-30-39)40(41(35-19-11-7-12-20-35)36-21-13-8-14-22-36)42(37-23-15-9-16-24-37)38-25-17-10-18-26-38/h7-30H,4-6,31-33H2,1-3H3. The first kappa shape index (κ1) is 31.4. The molecule has 0 aliphatic heterocycles. The monoisotopic (exact) mass is 617 g/mol. The van der Waals surface area contributed by atoms with Crippen LogP contribution in [-0.2, 0) is 0 Å². The summed E-state index contributed by atoms with van der Waals surface area (Å²) in [6.45, 7) is 7.13. The fourth-order valence-corrected chi connectivity index (χ4v) is 17.9. The topological polar surface area (TPSA) is 3.24 Å². The van der Waals surface area contributed by atoms with E-state index >= 15 is 0 Å². The highest BCUT2D eigenvalue weighted by molar-refractivity contribution is 7.90. The summed E-state index contributed by atoms with van der Waals surface area (Å²) in [4.78, 5) is 0. The van der Waals surface area contributed by atoms with Crippen LogP contribution in [0.5, 0.6) is 0 Å². The molecule has 0 aliphatic rings. The van der Waals surface area contributed by atoms with Crippen LogP contribution in [0, 0.1) is 0 Å². The quantitative estimate of drug-likeness (QED) is 0.0886. The minimum atomic E-state index is -1.55. The lowest BCUT2D eigenvalue weighted by molar-refractivity contribution is 0.937. The average Bonchev–Trinajstić information content (AvgIpc) is 3.07. The second kappa shape index (κ2) is 15.6. The molecule has 5 aromatic rings. The van der Waals surface area contributed by atoms with Gasteiger partial charge in [-0.3, -0.25) is 0 Å². The number of hydrogen-bond donors (Lipinski definition) is 0. The van der Waals surface area contributed by atoms with Crippen LogP contribution in [0.1, 0.15) is 40.0 Å². The van der Waals surface area contributed by atoms with Crippen molar-refractivity contribution in [2.45, 2.75) is 58.2 Å². The summed E-state index contributed by atoms with van der Waals surface area (Å²) >= 11 is 0.